The zero-order valence-electron chi connectivity index (χ0n) is 18.2. The molecule has 0 aromatic heterocycles. The van der Waals surface area contributed by atoms with E-state index in [2.05, 4.69) is 10.2 Å². The summed E-state index contributed by atoms with van der Waals surface area (Å²) >= 11 is 6.35. The van der Waals surface area contributed by atoms with Gasteiger partial charge in [-0.05, 0) is 75.0 Å². The minimum absolute atomic E-state index is 0.124. The first kappa shape index (κ1) is 19.9. The van der Waals surface area contributed by atoms with E-state index in [0.717, 1.165) is 35.1 Å². The van der Waals surface area contributed by atoms with Crippen LogP contribution in [0.4, 0.5) is 11.4 Å². The molecule has 32 heavy (non-hydrogen) atoms. The summed E-state index contributed by atoms with van der Waals surface area (Å²) < 4.78 is 0. The van der Waals surface area contributed by atoms with E-state index < -0.39 is 17.4 Å². The lowest BCUT2D eigenvalue weighted by atomic mass is 9.75. The van der Waals surface area contributed by atoms with Gasteiger partial charge in [-0.25, -0.2) is 4.90 Å². The maximum atomic E-state index is 14.0. The number of carbonyl (C=O) groups excluding carboxylic acids is 3. The van der Waals surface area contributed by atoms with Crippen LogP contribution in [0.1, 0.15) is 35.1 Å². The van der Waals surface area contributed by atoms with Crippen LogP contribution in [0, 0.1) is 32.6 Å². The molecule has 1 spiro atoms. The first-order valence-electron chi connectivity index (χ1n) is 11.1. The molecular formula is C25H24ClN3O3. The van der Waals surface area contributed by atoms with E-state index in [9.17, 15) is 14.4 Å². The van der Waals surface area contributed by atoms with Crippen LogP contribution in [0.2, 0.25) is 5.02 Å². The molecule has 164 valence electrons. The van der Waals surface area contributed by atoms with Crippen LogP contribution in [0.15, 0.2) is 30.3 Å². The Balaban J connectivity index is 1.56. The summed E-state index contributed by atoms with van der Waals surface area (Å²) in [4.78, 5) is 44.9. The Bertz CT molecular complexity index is 1240. The fourth-order valence-corrected chi connectivity index (χ4v) is 6.67. The summed E-state index contributed by atoms with van der Waals surface area (Å²) in [5.74, 6) is -1.97. The maximum Gasteiger partial charge on any atom is 0.250 e. The number of hydrogen-bond donors (Lipinski definition) is 1. The molecular weight excluding hydrogens is 426 g/mol. The first-order chi connectivity index (χ1) is 15.3. The number of benzene rings is 2. The van der Waals surface area contributed by atoms with Crippen LogP contribution in [-0.4, -0.2) is 35.2 Å². The van der Waals surface area contributed by atoms with Gasteiger partial charge in [0.15, 0.2) is 0 Å². The molecule has 3 saturated heterocycles. The van der Waals surface area contributed by atoms with Crippen molar-refractivity contribution in [3.05, 3.63) is 57.6 Å². The Labute approximate surface area is 191 Å². The summed E-state index contributed by atoms with van der Waals surface area (Å²) in [7, 11) is 0. The van der Waals surface area contributed by atoms with Gasteiger partial charge in [0.1, 0.15) is 5.54 Å². The second-order valence-electron chi connectivity index (χ2n) is 9.50. The normalized spacial score (nSPS) is 30.8. The van der Waals surface area contributed by atoms with Crippen molar-refractivity contribution in [3.8, 4) is 0 Å². The number of fused-ring (bicyclic) bond motifs is 7. The number of anilines is 2. The molecule has 0 unspecified atom stereocenters. The second kappa shape index (κ2) is 6.42. The summed E-state index contributed by atoms with van der Waals surface area (Å²) in [6.45, 7) is 6.53. The standard InChI is InChI=1S/C25H24ClN3O3/c1-12-6-7-15(11-13(12)2)29-22(30)19-18-5-4-10-28(18)25(20(19)23(29)31)16-8-9-17(26)14(3)21(16)27-24(25)32/h6-9,11,18-20H,4-5,10H2,1-3H3,(H,27,32)/t18-,19+,20-,25+/m0/s1. The quantitative estimate of drug-likeness (QED) is 0.674. The Hall–Kier alpha value is -2.70. The monoisotopic (exact) mass is 449 g/mol. The molecule has 0 saturated carbocycles. The highest BCUT2D eigenvalue weighted by molar-refractivity contribution is 6.32. The molecule has 4 atom stereocenters. The van der Waals surface area contributed by atoms with E-state index in [-0.39, 0.29) is 23.8 Å². The number of carbonyl (C=O) groups is 3. The van der Waals surface area contributed by atoms with Crippen molar-refractivity contribution in [3.63, 3.8) is 0 Å². The summed E-state index contributed by atoms with van der Waals surface area (Å²) in [6, 6.07) is 9.17. The molecule has 6 nitrogen and oxygen atoms in total. The highest BCUT2D eigenvalue weighted by Gasteiger charge is 2.74. The predicted molar refractivity (Wildman–Crippen MR) is 122 cm³/mol. The molecule has 4 aliphatic rings. The summed E-state index contributed by atoms with van der Waals surface area (Å²) in [6.07, 6.45) is 1.70. The molecule has 2 aromatic rings. The Morgan fingerprint density at radius 1 is 1.03 bits per heavy atom. The number of halogens is 1. The fourth-order valence-electron chi connectivity index (χ4n) is 6.51. The van der Waals surface area contributed by atoms with Crippen molar-refractivity contribution < 1.29 is 14.4 Å². The van der Waals surface area contributed by atoms with Crippen molar-refractivity contribution in [2.75, 3.05) is 16.8 Å². The van der Waals surface area contributed by atoms with Crippen molar-refractivity contribution in [1.29, 1.82) is 0 Å². The lowest BCUT2D eigenvalue weighted by Gasteiger charge is -2.36. The number of nitrogens with zero attached hydrogens (tertiary/aromatic N) is 2. The number of rotatable bonds is 1. The number of aryl methyl sites for hydroxylation is 2. The largest absolute Gasteiger partial charge is 0.324 e. The molecule has 3 fully saturated rings. The Morgan fingerprint density at radius 2 is 1.81 bits per heavy atom. The lowest BCUT2D eigenvalue weighted by Crippen LogP contribution is -2.54. The SMILES string of the molecule is Cc1ccc(N2C(=O)[C@H]3[C@@H](C2=O)[C@]2(C(=O)Nc4c2ccc(Cl)c4C)N2CCC[C@@H]32)cc1C. The highest BCUT2D eigenvalue weighted by atomic mass is 35.5. The van der Waals surface area contributed by atoms with Crippen LogP contribution in [-0.2, 0) is 19.9 Å². The molecule has 4 aliphatic heterocycles. The summed E-state index contributed by atoms with van der Waals surface area (Å²) in [5, 5.41) is 3.59. The van der Waals surface area contributed by atoms with Gasteiger partial charge >= 0.3 is 0 Å². The average Bonchev–Trinajstić information content (AvgIpc) is 3.46. The van der Waals surface area contributed by atoms with Crippen molar-refractivity contribution in [2.45, 2.75) is 45.2 Å². The van der Waals surface area contributed by atoms with Gasteiger partial charge in [0.05, 0.1) is 23.2 Å². The minimum Gasteiger partial charge on any atom is -0.324 e. The molecule has 7 heteroatoms. The summed E-state index contributed by atoms with van der Waals surface area (Å²) in [5.41, 5.74) is 3.78. The van der Waals surface area contributed by atoms with Gasteiger partial charge < -0.3 is 5.32 Å². The van der Waals surface area contributed by atoms with E-state index in [0.29, 0.717) is 22.9 Å². The van der Waals surface area contributed by atoms with E-state index >= 15 is 0 Å². The van der Waals surface area contributed by atoms with Gasteiger partial charge in [0.25, 0.3) is 0 Å². The third-order valence-electron chi connectivity index (χ3n) is 8.11. The zero-order valence-corrected chi connectivity index (χ0v) is 19.0. The maximum absolute atomic E-state index is 14.0. The molecule has 0 bridgehead atoms. The number of hydrogen-bond acceptors (Lipinski definition) is 4. The minimum atomic E-state index is -1.17. The molecule has 4 heterocycles. The third-order valence-corrected chi connectivity index (χ3v) is 8.52. The van der Waals surface area contributed by atoms with Crippen LogP contribution in [0.3, 0.4) is 0 Å². The van der Waals surface area contributed by atoms with Gasteiger partial charge in [-0.15, -0.1) is 0 Å². The Morgan fingerprint density at radius 3 is 2.56 bits per heavy atom. The fraction of sp³-hybridized carbons (Fsp3) is 0.400. The van der Waals surface area contributed by atoms with Crippen molar-refractivity contribution >= 4 is 40.7 Å². The van der Waals surface area contributed by atoms with E-state index in [1.165, 1.54) is 4.90 Å². The second-order valence-corrected chi connectivity index (χ2v) is 9.91. The first-order valence-corrected chi connectivity index (χ1v) is 11.5. The topological polar surface area (TPSA) is 69.7 Å². The van der Waals surface area contributed by atoms with Gasteiger partial charge in [-0.2, -0.15) is 0 Å². The molecule has 0 radical (unpaired) electrons. The van der Waals surface area contributed by atoms with Gasteiger partial charge in [-0.1, -0.05) is 23.7 Å². The number of imide groups is 1. The highest BCUT2D eigenvalue weighted by Crippen LogP contribution is 2.61. The van der Waals surface area contributed by atoms with Gasteiger partial charge in [0.2, 0.25) is 17.7 Å². The molecule has 0 aliphatic carbocycles. The number of amides is 3. The number of nitrogens with one attached hydrogen (secondary N) is 1. The Kier molecular flexibility index (Phi) is 4.00. The zero-order chi connectivity index (χ0) is 22.5. The lowest BCUT2D eigenvalue weighted by molar-refractivity contribution is -0.135. The van der Waals surface area contributed by atoms with Gasteiger partial charge in [-0.3, -0.25) is 19.3 Å². The third kappa shape index (κ3) is 2.17. The smallest absolute Gasteiger partial charge is 0.250 e. The molecule has 6 rings (SSSR count). The van der Waals surface area contributed by atoms with Crippen molar-refractivity contribution in [2.24, 2.45) is 11.8 Å². The van der Waals surface area contributed by atoms with Crippen LogP contribution < -0.4 is 10.2 Å². The average molecular weight is 450 g/mol. The molecule has 1 N–H and O–H groups in total. The van der Waals surface area contributed by atoms with Gasteiger partial charge in [0, 0.05) is 16.6 Å². The van der Waals surface area contributed by atoms with Crippen LogP contribution >= 0.6 is 11.6 Å². The predicted octanol–water partition coefficient (Wildman–Crippen LogP) is 3.70. The van der Waals surface area contributed by atoms with Crippen molar-refractivity contribution in [1.82, 2.24) is 4.90 Å². The van der Waals surface area contributed by atoms with E-state index in [1.54, 1.807) is 6.07 Å². The molecule has 3 amide bonds. The van der Waals surface area contributed by atoms with Crippen LogP contribution in [0.25, 0.3) is 0 Å². The van der Waals surface area contributed by atoms with E-state index in [4.69, 9.17) is 11.6 Å². The molecule has 2 aromatic carbocycles. The van der Waals surface area contributed by atoms with Crippen LogP contribution in [0.5, 0.6) is 0 Å². The van der Waals surface area contributed by atoms with E-state index in [1.807, 2.05) is 45.0 Å².